The van der Waals surface area contributed by atoms with Gasteiger partial charge in [0, 0.05) is 37.6 Å². The number of halogens is 1. The molecule has 0 aliphatic carbocycles. The second-order valence-corrected chi connectivity index (χ2v) is 5.95. The number of nitrogens with one attached hydrogen (secondary N) is 1. The average molecular weight is 317 g/mol. The lowest BCUT2D eigenvalue weighted by Crippen LogP contribution is -2.53. The van der Waals surface area contributed by atoms with Crippen molar-refractivity contribution in [2.24, 2.45) is 0 Å². The molecule has 1 amide bonds. The lowest BCUT2D eigenvalue weighted by Gasteiger charge is -2.36. The molecule has 1 aliphatic rings. The maximum atomic E-state index is 15.1. The first-order chi connectivity index (χ1) is 11.2. The number of amides is 1. The highest BCUT2D eigenvalue weighted by Crippen LogP contribution is 2.27. The number of alkyl halides is 1. The molecule has 0 unspecified atom stereocenters. The minimum Gasteiger partial charge on any atom is -0.472 e. The van der Waals surface area contributed by atoms with E-state index in [1.165, 1.54) is 0 Å². The van der Waals surface area contributed by atoms with Crippen LogP contribution in [0.2, 0.25) is 0 Å². The zero-order chi connectivity index (χ0) is 16.1. The smallest absolute Gasteiger partial charge is 0.259 e. The molecule has 0 saturated carbocycles. The largest absolute Gasteiger partial charge is 0.472 e. The number of pyridine rings is 1. The normalized spacial score (nSPS) is 22.0. The van der Waals surface area contributed by atoms with Gasteiger partial charge in [-0.25, -0.2) is 4.39 Å². The van der Waals surface area contributed by atoms with Crippen molar-refractivity contribution in [2.45, 2.75) is 31.6 Å². The zero-order valence-corrected chi connectivity index (χ0v) is 12.9. The third-order valence-electron chi connectivity index (χ3n) is 4.12. The van der Waals surface area contributed by atoms with Crippen LogP contribution in [0.1, 0.15) is 24.0 Å². The van der Waals surface area contributed by atoms with Crippen molar-refractivity contribution >= 4 is 5.91 Å². The van der Waals surface area contributed by atoms with Crippen LogP contribution in [0.4, 0.5) is 4.39 Å². The van der Waals surface area contributed by atoms with Crippen molar-refractivity contribution in [1.29, 1.82) is 0 Å². The lowest BCUT2D eigenvalue weighted by atomic mass is 9.93. The summed E-state index contributed by atoms with van der Waals surface area (Å²) in [7, 11) is 0. The molecule has 122 valence electrons. The van der Waals surface area contributed by atoms with E-state index in [1.54, 1.807) is 37.1 Å². The van der Waals surface area contributed by atoms with Gasteiger partial charge in [-0.05, 0) is 43.1 Å². The van der Waals surface area contributed by atoms with Gasteiger partial charge in [-0.3, -0.25) is 14.7 Å². The first-order valence-corrected chi connectivity index (χ1v) is 7.75. The molecule has 2 aromatic heterocycles. The standard InChI is InChI=1S/C17H20FN3O2/c18-17(16(22)20-10-14-2-6-19-7-3-14)5-1-8-21(13-17)11-15-4-9-23-12-15/h2-4,6-7,9,12H,1,5,8,10-11,13H2,(H,20,22)/t17-/m0/s1. The summed E-state index contributed by atoms with van der Waals surface area (Å²) < 4.78 is 20.1. The van der Waals surface area contributed by atoms with E-state index in [1.807, 2.05) is 11.0 Å². The first-order valence-electron chi connectivity index (χ1n) is 7.75. The molecule has 1 aliphatic heterocycles. The van der Waals surface area contributed by atoms with Crippen LogP contribution in [-0.2, 0) is 17.9 Å². The quantitative estimate of drug-likeness (QED) is 0.919. The molecule has 0 spiro atoms. The summed E-state index contributed by atoms with van der Waals surface area (Å²) in [6, 6.07) is 5.46. The highest BCUT2D eigenvalue weighted by Gasteiger charge is 2.42. The summed E-state index contributed by atoms with van der Waals surface area (Å²) in [4.78, 5) is 18.2. The Bertz CT molecular complexity index is 633. The van der Waals surface area contributed by atoms with E-state index >= 15 is 4.39 Å². The molecule has 1 N–H and O–H groups in total. The maximum Gasteiger partial charge on any atom is 0.259 e. The zero-order valence-electron chi connectivity index (χ0n) is 12.9. The van der Waals surface area contributed by atoms with Crippen molar-refractivity contribution in [3.8, 4) is 0 Å². The Kier molecular flexibility index (Phi) is 4.71. The van der Waals surface area contributed by atoms with Crippen molar-refractivity contribution in [1.82, 2.24) is 15.2 Å². The van der Waals surface area contributed by atoms with Gasteiger partial charge in [0.15, 0.2) is 0 Å². The van der Waals surface area contributed by atoms with Gasteiger partial charge in [0.25, 0.3) is 5.91 Å². The number of rotatable bonds is 5. The molecule has 3 rings (SSSR count). The Labute approximate surface area is 134 Å². The lowest BCUT2D eigenvalue weighted by molar-refractivity contribution is -0.137. The highest BCUT2D eigenvalue weighted by atomic mass is 19.1. The predicted molar refractivity (Wildman–Crippen MR) is 83.1 cm³/mol. The maximum absolute atomic E-state index is 15.1. The summed E-state index contributed by atoms with van der Waals surface area (Å²) in [5, 5.41) is 2.70. The Morgan fingerprint density at radius 3 is 2.91 bits per heavy atom. The van der Waals surface area contributed by atoms with Gasteiger partial charge in [-0.1, -0.05) is 0 Å². The van der Waals surface area contributed by atoms with Crippen LogP contribution in [-0.4, -0.2) is 34.5 Å². The van der Waals surface area contributed by atoms with E-state index in [2.05, 4.69) is 10.3 Å². The van der Waals surface area contributed by atoms with E-state index in [4.69, 9.17) is 4.42 Å². The second-order valence-electron chi connectivity index (χ2n) is 5.95. The molecule has 0 aromatic carbocycles. The number of carbonyl (C=O) groups excluding carboxylic acids is 1. The van der Waals surface area contributed by atoms with E-state index in [0.29, 0.717) is 19.5 Å². The highest BCUT2D eigenvalue weighted by molar-refractivity contribution is 5.85. The van der Waals surface area contributed by atoms with Crippen LogP contribution >= 0.6 is 0 Å². The molecule has 3 heterocycles. The topological polar surface area (TPSA) is 58.4 Å². The molecule has 23 heavy (non-hydrogen) atoms. The van der Waals surface area contributed by atoms with E-state index < -0.39 is 11.6 Å². The monoisotopic (exact) mass is 317 g/mol. The third-order valence-corrected chi connectivity index (χ3v) is 4.12. The van der Waals surface area contributed by atoms with Gasteiger partial charge in [-0.15, -0.1) is 0 Å². The van der Waals surface area contributed by atoms with Crippen LogP contribution in [0.15, 0.2) is 47.5 Å². The van der Waals surface area contributed by atoms with Crippen molar-refractivity contribution in [3.63, 3.8) is 0 Å². The number of carbonyl (C=O) groups is 1. The van der Waals surface area contributed by atoms with E-state index in [9.17, 15) is 4.79 Å². The predicted octanol–water partition coefficient (Wildman–Crippen LogP) is 2.30. The Morgan fingerprint density at radius 1 is 1.35 bits per heavy atom. The van der Waals surface area contributed by atoms with Gasteiger partial charge in [0.2, 0.25) is 5.67 Å². The number of piperidine rings is 1. The van der Waals surface area contributed by atoms with Crippen molar-refractivity contribution in [2.75, 3.05) is 13.1 Å². The molecule has 5 nitrogen and oxygen atoms in total. The van der Waals surface area contributed by atoms with Gasteiger partial charge in [0.1, 0.15) is 0 Å². The van der Waals surface area contributed by atoms with Crippen molar-refractivity contribution in [3.05, 3.63) is 54.2 Å². The van der Waals surface area contributed by atoms with E-state index in [0.717, 1.165) is 17.7 Å². The molecule has 1 saturated heterocycles. The fraction of sp³-hybridized carbons (Fsp3) is 0.412. The molecule has 0 radical (unpaired) electrons. The van der Waals surface area contributed by atoms with Gasteiger partial charge < -0.3 is 9.73 Å². The number of nitrogens with zero attached hydrogens (tertiary/aromatic N) is 2. The number of likely N-dealkylation sites (tertiary alicyclic amines) is 1. The second kappa shape index (κ2) is 6.91. The molecular formula is C17H20FN3O2. The average Bonchev–Trinajstić information content (AvgIpc) is 3.06. The summed E-state index contributed by atoms with van der Waals surface area (Å²) in [5.74, 6) is -0.536. The molecular weight excluding hydrogens is 297 g/mol. The molecule has 1 atom stereocenters. The number of aromatic nitrogens is 1. The van der Waals surface area contributed by atoms with Gasteiger partial charge in [0.05, 0.1) is 12.5 Å². The van der Waals surface area contributed by atoms with Crippen LogP contribution in [0.3, 0.4) is 0 Å². The van der Waals surface area contributed by atoms with Crippen LogP contribution in [0.25, 0.3) is 0 Å². The van der Waals surface area contributed by atoms with Gasteiger partial charge >= 0.3 is 0 Å². The van der Waals surface area contributed by atoms with Crippen LogP contribution < -0.4 is 5.32 Å². The third kappa shape index (κ3) is 3.96. The molecule has 6 heteroatoms. The summed E-state index contributed by atoms with van der Waals surface area (Å²) in [6.07, 6.45) is 7.48. The minimum atomic E-state index is -1.84. The summed E-state index contributed by atoms with van der Waals surface area (Å²) >= 11 is 0. The molecule has 1 fully saturated rings. The first kappa shape index (κ1) is 15.7. The van der Waals surface area contributed by atoms with Crippen LogP contribution in [0, 0.1) is 0 Å². The fourth-order valence-electron chi connectivity index (χ4n) is 2.90. The molecule has 0 bridgehead atoms. The fourth-order valence-corrected chi connectivity index (χ4v) is 2.90. The van der Waals surface area contributed by atoms with E-state index in [-0.39, 0.29) is 13.0 Å². The summed E-state index contributed by atoms with van der Waals surface area (Å²) in [6.45, 7) is 1.81. The summed E-state index contributed by atoms with van der Waals surface area (Å²) in [5.41, 5.74) is 0.0594. The SMILES string of the molecule is O=C(NCc1ccncc1)[C@]1(F)CCCN(Cc2ccoc2)C1. The minimum absolute atomic E-state index is 0.111. The molecule has 2 aromatic rings. The van der Waals surface area contributed by atoms with Gasteiger partial charge in [-0.2, -0.15) is 0 Å². The van der Waals surface area contributed by atoms with Crippen LogP contribution in [0.5, 0.6) is 0 Å². The Hall–Kier alpha value is -2.21. The number of hydrogen-bond donors (Lipinski definition) is 1. The number of furan rings is 1. The Balaban J connectivity index is 1.57. The number of hydrogen-bond acceptors (Lipinski definition) is 4. The Morgan fingerprint density at radius 2 is 2.17 bits per heavy atom. The van der Waals surface area contributed by atoms with Crippen molar-refractivity contribution < 1.29 is 13.6 Å².